The molecule has 0 fully saturated rings. The summed E-state index contributed by atoms with van der Waals surface area (Å²) in [4.78, 5) is 0. The van der Waals surface area contributed by atoms with Crippen molar-refractivity contribution in [2.75, 3.05) is 19.7 Å². The highest BCUT2D eigenvalue weighted by Gasteiger charge is 2.29. The maximum atomic E-state index is 9.75. The molecule has 0 aromatic heterocycles. The van der Waals surface area contributed by atoms with E-state index in [1.54, 1.807) is 0 Å². The summed E-state index contributed by atoms with van der Waals surface area (Å²) in [7, 11) is -6.00. The topological polar surface area (TPSA) is 12.2 Å². The van der Waals surface area contributed by atoms with Gasteiger partial charge in [0.2, 0.25) is 0 Å². The third kappa shape index (κ3) is 5.40. The lowest BCUT2D eigenvalue weighted by molar-refractivity contribution is -0.519. The van der Waals surface area contributed by atoms with Gasteiger partial charge in [-0.2, -0.15) is 4.58 Å². The quantitative estimate of drug-likeness (QED) is 0.438. The van der Waals surface area contributed by atoms with Crippen molar-refractivity contribution < 1.29 is 26.6 Å². The number of halogens is 4. The van der Waals surface area contributed by atoms with Crippen molar-refractivity contribution in [2.24, 2.45) is 0 Å². The van der Waals surface area contributed by atoms with Crippen molar-refractivity contribution in [2.45, 2.75) is 25.2 Å². The average Bonchev–Trinajstić information content (AvgIpc) is 2.77. The molecule has 0 spiro atoms. The van der Waals surface area contributed by atoms with Crippen LogP contribution in [0.5, 0.6) is 0 Å². The lowest BCUT2D eigenvalue weighted by Crippen LogP contribution is -2.15. The second kappa shape index (κ2) is 6.96. The third-order valence-electron chi connectivity index (χ3n) is 3.71. The van der Waals surface area contributed by atoms with Gasteiger partial charge in [-0.3, -0.25) is 0 Å². The van der Waals surface area contributed by atoms with Crippen molar-refractivity contribution >= 4 is 13.2 Å². The highest BCUT2D eigenvalue weighted by atomic mass is 19.5. The summed E-state index contributed by atoms with van der Waals surface area (Å²) < 4.78 is 47.1. The molecular weight excluding hydrogens is 285 g/mol. The predicted octanol–water partition coefficient (Wildman–Crippen LogP) is 3.70. The van der Waals surface area contributed by atoms with E-state index in [1.807, 2.05) is 0 Å². The van der Waals surface area contributed by atoms with Crippen molar-refractivity contribution in [3.8, 4) is 0 Å². The molecule has 1 unspecified atom stereocenters. The van der Waals surface area contributed by atoms with E-state index >= 15 is 0 Å². The molecule has 0 saturated heterocycles. The van der Waals surface area contributed by atoms with Crippen LogP contribution in [0.2, 0.25) is 0 Å². The van der Waals surface area contributed by atoms with Gasteiger partial charge >= 0.3 is 13.2 Å². The number of hydrogen-bond donors (Lipinski definition) is 0. The van der Waals surface area contributed by atoms with Crippen molar-refractivity contribution in [3.05, 3.63) is 35.9 Å². The van der Waals surface area contributed by atoms with Crippen LogP contribution in [0.1, 0.15) is 30.7 Å². The van der Waals surface area contributed by atoms with Crippen LogP contribution in [0.15, 0.2) is 30.3 Å². The van der Waals surface area contributed by atoms with Crippen LogP contribution in [-0.2, 0) is 4.74 Å². The van der Waals surface area contributed by atoms with Gasteiger partial charge in [0.25, 0.3) is 0 Å². The van der Waals surface area contributed by atoms with E-state index in [9.17, 15) is 17.3 Å². The Hall–Kier alpha value is -1.53. The van der Waals surface area contributed by atoms with Gasteiger partial charge in [0, 0.05) is 6.42 Å². The van der Waals surface area contributed by atoms with Crippen molar-refractivity contribution in [3.63, 3.8) is 0 Å². The zero-order valence-electron chi connectivity index (χ0n) is 11.7. The van der Waals surface area contributed by atoms with E-state index in [4.69, 9.17) is 4.74 Å². The van der Waals surface area contributed by atoms with E-state index in [0.29, 0.717) is 5.92 Å². The van der Waals surface area contributed by atoms with Gasteiger partial charge in [-0.25, -0.2) is 0 Å². The van der Waals surface area contributed by atoms with Crippen LogP contribution in [0.25, 0.3) is 0 Å². The summed E-state index contributed by atoms with van der Waals surface area (Å²) in [6, 6.07) is 10.9. The Morgan fingerprint density at radius 3 is 2.33 bits per heavy atom. The second-order valence-electron chi connectivity index (χ2n) is 5.16. The minimum absolute atomic E-state index is 0.711. The average molecular weight is 303 g/mol. The van der Waals surface area contributed by atoms with Crippen molar-refractivity contribution in [1.29, 1.82) is 0 Å². The molecular formula is C14H18BF4NO. The Labute approximate surface area is 121 Å². The maximum absolute atomic E-state index is 9.75. The molecule has 0 amide bonds. The Morgan fingerprint density at radius 2 is 1.67 bits per heavy atom. The van der Waals surface area contributed by atoms with Crippen LogP contribution in [-0.4, -0.2) is 37.4 Å². The molecule has 1 aromatic carbocycles. The summed E-state index contributed by atoms with van der Waals surface area (Å²) in [5.74, 6) is 1.95. The predicted molar refractivity (Wildman–Crippen MR) is 74.2 cm³/mol. The molecule has 0 N–H and O–H groups in total. The Balaban J connectivity index is 0.000000282. The molecule has 3 rings (SSSR count). The molecule has 0 radical (unpaired) electrons. The van der Waals surface area contributed by atoms with Crippen LogP contribution in [0.3, 0.4) is 0 Å². The van der Waals surface area contributed by atoms with Gasteiger partial charge in [0.1, 0.15) is 6.54 Å². The van der Waals surface area contributed by atoms with E-state index < -0.39 is 7.25 Å². The molecule has 2 aliphatic rings. The number of hydrogen-bond acceptors (Lipinski definition) is 1. The molecule has 0 aliphatic carbocycles. The summed E-state index contributed by atoms with van der Waals surface area (Å²) in [6.07, 6.45) is 3.60. The monoisotopic (exact) mass is 303 g/mol. The van der Waals surface area contributed by atoms with Gasteiger partial charge in [0.05, 0.1) is 6.42 Å². The lowest BCUT2D eigenvalue weighted by atomic mass is 9.92. The molecule has 0 saturated carbocycles. The normalized spacial score (nSPS) is 21.8. The molecule has 1 atom stereocenters. The molecule has 116 valence electrons. The molecule has 21 heavy (non-hydrogen) atoms. The Morgan fingerprint density at radius 1 is 1.00 bits per heavy atom. The van der Waals surface area contributed by atoms with E-state index in [-0.39, 0.29) is 0 Å². The van der Waals surface area contributed by atoms with Gasteiger partial charge in [-0.1, -0.05) is 30.3 Å². The number of rotatable bonds is 1. The fraction of sp³-hybridized carbons (Fsp3) is 0.500. The first-order valence-corrected chi connectivity index (χ1v) is 7.09. The molecule has 2 nitrogen and oxygen atoms in total. The summed E-state index contributed by atoms with van der Waals surface area (Å²) in [5.41, 5.74) is 1.49. The summed E-state index contributed by atoms with van der Waals surface area (Å²) in [6.45, 7) is 3.15. The molecule has 2 heterocycles. The molecule has 0 bridgehead atoms. The zero-order valence-corrected chi connectivity index (χ0v) is 11.7. The van der Waals surface area contributed by atoms with E-state index in [1.165, 1.54) is 24.3 Å². The standard InChI is InChI=1S/C14H18NO.BF4/c1-2-4-12(5-3-1)13-6-7-14-15(9-8-13)10-11-16-14;2-1(3,4)5/h1-5,13H,6-11H2;/q+1;-1. The summed E-state index contributed by atoms with van der Waals surface area (Å²) in [5, 5.41) is 0. The van der Waals surface area contributed by atoms with Crippen LogP contribution in [0.4, 0.5) is 17.3 Å². The Kier molecular flexibility index (Phi) is 5.25. The van der Waals surface area contributed by atoms with Gasteiger partial charge < -0.3 is 22.0 Å². The zero-order chi connectivity index (χ0) is 15.3. The fourth-order valence-corrected chi connectivity index (χ4v) is 2.77. The van der Waals surface area contributed by atoms with Crippen molar-refractivity contribution in [1.82, 2.24) is 0 Å². The first-order chi connectivity index (χ1) is 9.93. The van der Waals surface area contributed by atoms with Gasteiger partial charge in [-0.15, -0.1) is 0 Å². The van der Waals surface area contributed by atoms with Gasteiger partial charge in [0.15, 0.2) is 13.2 Å². The minimum atomic E-state index is -6.00. The van der Waals surface area contributed by atoms with E-state index in [0.717, 1.165) is 26.1 Å². The third-order valence-corrected chi connectivity index (χ3v) is 3.71. The number of nitrogens with zero attached hydrogens (tertiary/aromatic N) is 1. The Bertz CT molecular complexity index is 465. The molecule has 7 heteroatoms. The SMILES string of the molecule is F[B-](F)(F)F.c1ccc(C2CCC3=[N+](CCO3)CC2)cc1. The second-order valence-corrected chi connectivity index (χ2v) is 5.16. The van der Waals surface area contributed by atoms with Crippen LogP contribution < -0.4 is 0 Å². The maximum Gasteiger partial charge on any atom is 0.673 e. The number of ether oxygens (including phenoxy) is 1. The van der Waals surface area contributed by atoms with Crippen LogP contribution in [0, 0.1) is 0 Å². The lowest BCUT2D eigenvalue weighted by Gasteiger charge is -2.12. The highest BCUT2D eigenvalue weighted by molar-refractivity contribution is 6.50. The first kappa shape index (κ1) is 15.9. The van der Waals surface area contributed by atoms with Gasteiger partial charge in [-0.05, 0) is 17.9 Å². The highest BCUT2D eigenvalue weighted by Crippen LogP contribution is 2.27. The summed E-state index contributed by atoms with van der Waals surface area (Å²) >= 11 is 0. The van der Waals surface area contributed by atoms with Crippen LogP contribution >= 0.6 is 0 Å². The number of benzene rings is 1. The minimum Gasteiger partial charge on any atom is -0.441 e. The molecule has 2 aliphatic heterocycles. The smallest absolute Gasteiger partial charge is 0.441 e. The molecule has 1 aromatic rings. The largest absolute Gasteiger partial charge is 0.673 e. The first-order valence-electron chi connectivity index (χ1n) is 7.09. The van der Waals surface area contributed by atoms with E-state index in [2.05, 4.69) is 34.9 Å². The fourth-order valence-electron chi connectivity index (χ4n) is 2.77.